The zero-order chi connectivity index (χ0) is 13.1. The summed E-state index contributed by atoms with van der Waals surface area (Å²) in [7, 11) is 0. The molecule has 1 aromatic heterocycles. The van der Waals surface area contributed by atoms with Gasteiger partial charge in [0.1, 0.15) is 15.8 Å². The number of hydrogen-bond acceptors (Lipinski definition) is 4. The van der Waals surface area contributed by atoms with E-state index in [-0.39, 0.29) is 5.82 Å². The molecule has 0 amide bonds. The van der Waals surface area contributed by atoms with Crippen molar-refractivity contribution in [3.8, 4) is 10.6 Å². The molecule has 0 radical (unpaired) electrons. The minimum absolute atomic E-state index is 0.234. The molecule has 0 saturated heterocycles. The van der Waals surface area contributed by atoms with Crippen LogP contribution in [0.25, 0.3) is 10.6 Å². The second-order valence-corrected chi connectivity index (χ2v) is 5.62. The largest absolute Gasteiger partial charge is 0.308 e. The first kappa shape index (κ1) is 13.1. The topological polar surface area (TPSA) is 37.8 Å². The van der Waals surface area contributed by atoms with Crippen LogP contribution in [-0.2, 0) is 6.54 Å². The zero-order valence-corrected chi connectivity index (χ0v) is 11.5. The number of hydrogen-bond donors (Lipinski definition) is 1. The molecule has 3 nitrogen and oxygen atoms in total. The summed E-state index contributed by atoms with van der Waals surface area (Å²) in [6.45, 7) is 6.73. The van der Waals surface area contributed by atoms with Crippen molar-refractivity contribution >= 4 is 11.3 Å². The van der Waals surface area contributed by atoms with Gasteiger partial charge in [-0.2, -0.15) is 0 Å². The standard InChI is InChI=1S/C13H16FN3S/c1-8(2)15-7-12-16-17-13(18-12)10-4-9(3)5-11(14)6-10/h4-6,8,15H,7H2,1-3H3. The molecule has 5 heteroatoms. The van der Waals surface area contributed by atoms with Crippen molar-refractivity contribution in [3.63, 3.8) is 0 Å². The highest BCUT2D eigenvalue weighted by atomic mass is 32.1. The lowest BCUT2D eigenvalue weighted by Crippen LogP contribution is -2.21. The quantitative estimate of drug-likeness (QED) is 0.922. The fourth-order valence-corrected chi connectivity index (χ4v) is 2.37. The van der Waals surface area contributed by atoms with Crippen molar-refractivity contribution in [1.29, 1.82) is 0 Å². The third kappa shape index (κ3) is 3.34. The minimum Gasteiger partial charge on any atom is -0.308 e. The Bertz CT molecular complexity index is 517. The summed E-state index contributed by atoms with van der Waals surface area (Å²) < 4.78 is 13.3. The Labute approximate surface area is 110 Å². The van der Waals surface area contributed by atoms with Gasteiger partial charge in [0, 0.05) is 18.2 Å². The summed E-state index contributed by atoms with van der Waals surface area (Å²) in [4.78, 5) is 0. The van der Waals surface area contributed by atoms with E-state index in [0.717, 1.165) is 21.1 Å². The maximum atomic E-state index is 13.3. The van der Waals surface area contributed by atoms with Gasteiger partial charge in [-0.3, -0.25) is 0 Å². The molecule has 2 aromatic rings. The second-order valence-electron chi connectivity index (χ2n) is 4.55. The second kappa shape index (κ2) is 5.54. The molecule has 96 valence electrons. The van der Waals surface area contributed by atoms with Crippen LogP contribution in [0.15, 0.2) is 18.2 Å². The molecular weight excluding hydrogens is 249 g/mol. The molecule has 1 heterocycles. The molecular formula is C13H16FN3S. The molecule has 0 saturated carbocycles. The van der Waals surface area contributed by atoms with Gasteiger partial charge in [-0.1, -0.05) is 25.2 Å². The van der Waals surface area contributed by atoms with Crippen molar-refractivity contribution in [3.05, 3.63) is 34.6 Å². The van der Waals surface area contributed by atoms with E-state index in [9.17, 15) is 4.39 Å². The Morgan fingerprint density at radius 1 is 1.28 bits per heavy atom. The molecule has 0 aliphatic rings. The molecule has 2 rings (SSSR count). The molecule has 0 atom stereocenters. The number of halogens is 1. The molecule has 0 bridgehead atoms. The number of aryl methyl sites for hydroxylation is 1. The minimum atomic E-state index is -0.234. The fourth-order valence-electron chi connectivity index (χ4n) is 1.59. The maximum Gasteiger partial charge on any atom is 0.147 e. The van der Waals surface area contributed by atoms with Crippen LogP contribution in [0.2, 0.25) is 0 Å². The van der Waals surface area contributed by atoms with E-state index in [2.05, 4.69) is 29.4 Å². The first-order chi connectivity index (χ1) is 8.54. The summed E-state index contributed by atoms with van der Waals surface area (Å²) in [6.07, 6.45) is 0. The third-order valence-electron chi connectivity index (χ3n) is 2.42. The van der Waals surface area contributed by atoms with Crippen molar-refractivity contribution in [2.24, 2.45) is 0 Å². The van der Waals surface area contributed by atoms with Crippen LogP contribution in [0.1, 0.15) is 24.4 Å². The SMILES string of the molecule is Cc1cc(F)cc(-c2nnc(CNC(C)C)s2)c1. The molecule has 0 spiro atoms. The van der Waals surface area contributed by atoms with Gasteiger partial charge in [0.2, 0.25) is 0 Å². The summed E-state index contributed by atoms with van der Waals surface area (Å²) >= 11 is 1.49. The van der Waals surface area contributed by atoms with Gasteiger partial charge in [0.05, 0.1) is 0 Å². The van der Waals surface area contributed by atoms with Gasteiger partial charge in [-0.15, -0.1) is 10.2 Å². The van der Waals surface area contributed by atoms with Crippen molar-refractivity contribution in [2.45, 2.75) is 33.4 Å². The zero-order valence-electron chi connectivity index (χ0n) is 10.7. The fraction of sp³-hybridized carbons (Fsp3) is 0.385. The number of aromatic nitrogens is 2. The van der Waals surface area contributed by atoms with Crippen LogP contribution in [0, 0.1) is 12.7 Å². The predicted molar refractivity (Wildman–Crippen MR) is 72.0 cm³/mol. The van der Waals surface area contributed by atoms with Crippen LogP contribution in [0.3, 0.4) is 0 Å². The number of nitrogens with one attached hydrogen (secondary N) is 1. The highest BCUT2D eigenvalue weighted by molar-refractivity contribution is 7.14. The molecule has 0 aliphatic heterocycles. The van der Waals surface area contributed by atoms with Gasteiger partial charge < -0.3 is 5.32 Å². The number of rotatable bonds is 4. The number of nitrogens with zero attached hydrogens (tertiary/aromatic N) is 2. The van der Waals surface area contributed by atoms with Crippen LogP contribution < -0.4 is 5.32 Å². The van der Waals surface area contributed by atoms with Crippen LogP contribution in [-0.4, -0.2) is 16.2 Å². The summed E-state index contributed by atoms with van der Waals surface area (Å²) in [5, 5.41) is 13.2. The summed E-state index contributed by atoms with van der Waals surface area (Å²) in [6, 6.07) is 5.33. The molecule has 1 N–H and O–H groups in total. The average molecular weight is 265 g/mol. The molecule has 18 heavy (non-hydrogen) atoms. The monoisotopic (exact) mass is 265 g/mol. The van der Waals surface area contributed by atoms with E-state index in [1.165, 1.54) is 23.5 Å². The van der Waals surface area contributed by atoms with Gasteiger partial charge in [0.25, 0.3) is 0 Å². The summed E-state index contributed by atoms with van der Waals surface area (Å²) in [5.74, 6) is -0.234. The molecule has 0 fully saturated rings. The first-order valence-corrected chi connectivity index (χ1v) is 6.69. The van der Waals surface area contributed by atoms with E-state index in [1.807, 2.05) is 13.0 Å². The van der Waals surface area contributed by atoms with E-state index in [4.69, 9.17) is 0 Å². The van der Waals surface area contributed by atoms with E-state index < -0.39 is 0 Å². The Morgan fingerprint density at radius 2 is 2.06 bits per heavy atom. The van der Waals surface area contributed by atoms with Crippen molar-refractivity contribution < 1.29 is 4.39 Å². The van der Waals surface area contributed by atoms with Crippen LogP contribution in [0.4, 0.5) is 4.39 Å². The number of benzene rings is 1. The maximum absolute atomic E-state index is 13.3. The Hall–Kier alpha value is -1.33. The summed E-state index contributed by atoms with van der Waals surface area (Å²) in [5.41, 5.74) is 1.68. The van der Waals surface area contributed by atoms with Crippen molar-refractivity contribution in [2.75, 3.05) is 0 Å². The lowest BCUT2D eigenvalue weighted by molar-refractivity contribution is 0.585. The highest BCUT2D eigenvalue weighted by Crippen LogP contribution is 2.25. The lowest BCUT2D eigenvalue weighted by atomic mass is 10.1. The third-order valence-corrected chi connectivity index (χ3v) is 3.39. The lowest BCUT2D eigenvalue weighted by Gasteiger charge is -2.03. The smallest absolute Gasteiger partial charge is 0.147 e. The molecule has 0 aliphatic carbocycles. The van der Waals surface area contributed by atoms with E-state index in [0.29, 0.717) is 12.6 Å². The van der Waals surface area contributed by atoms with Crippen LogP contribution in [0.5, 0.6) is 0 Å². The van der Waals surface area contributed by atoms with Gasteiger partial charge in [-0.05, 0) is 30.7 Å². The van der Waals surface area contributed by atoms with E-state index in [1.54, 1.807) is 0 Å². The Balaban J connectivity index is 2.18. The first-order valence-electron chi connectivity index (χ1n) is 5.88. The van der Waals surface area contributed by atoms with Crippen molar-refractivity contribution in [1.82, 2.24) is 15.5 Å². The average Bonchev–Trinajstić information content (AvgIpc) is 2.73. The highest BCUT2D eigenvalue weighted by Gasteiger charge is 2.08. The van der Waals surface area contributed by atoms with Gasteiger partial charge >= 0.3 is 0 Å². The van der Waals surface area contributed by atoms with Gasteiger partial charge in [0.15, 0.2) is 0 Å². The predicted octanol–water partition coefficient (Wildman–Crippen LogP) is 3.15. The normalized spacial score (nSPS) is 11.2. The van der Waals surface area contributed by atoms with E-state index >= 15 is 0 Å². The molecule has 0 unspecified atom stereocenters. The van der Waals surface area contributed by atoms with Crippen LogP contribution >= 0.6 is 11.3 Å². The molecule has 1 aromatic carbocycles. The Kier molecular flexibility index (Phi) is 4.04. The van der Waals surface area contributed by atoms with Gasteiger partial charge in [-0.25, -0.2) is 4.39 Å². The Morgan fingerprint density at radius 3 is 2.72 bits per heavy atom.